The zero-order valence-electron chi connectivity index (χ0n) is 22.1. The maximum absolute atomic E-state index is 13.8. The van der Waals surface area contributed by atoms with Crippen LogP contribution in [0.3, 0.4) is 0 Å². The van der Waals surface area contributed by atoms with E-state index in [1.165, 1.54) is 27.7 Å². The Balaban J connectivity index is 2.27. The number of fused-ring (bicyclic) bond motifs is 1. The summed E-state index contributed by atoms with van der Waals surface area (Å²) in [6, 6.07) is 8.23. The van der Waals surface area contributed by atoms with E-state index in [1.54, 1.807) is 44.2 Å². The van der Waals surface area contributed by atoms with Crippen LogP contribution in [0.15, 0.2) is 30.3 Å². The van der Waals surface area contributed by atoms with E-state index in [0.717, 1.165) is 0 Å². The minimum Gasteiger partial charge on any atom is -0.481 e. The van der Waals surface area contributed by atoms with Crippen LogP contribution in [-0.4, -0.2) is 46.5 Å². The molecule has 2 amide bonds. The largest absolute Gasteiger partial charge is 0.575 e. The Morgan fingerprint density at radius 2 is 1.53 bits per heavy atom. The highest BCUT2D eigenvalue weighted by molar-refractivity contribution is 6.00. The number of halogens is 3. The number of hydrogen-bond acceptors (Lipinski definition) is 6. The lowest BCUT2D eigenvalue weighted by molar-refractivity contribution is -0.312. The van der Waals surface area contributed by atoms with Crippen molar-refractivity contribution in [1.82, 2.24) is 5.32 Å². The average molecular weight is 543 g/mol. The van der Waals surface area contributed by atoms with Gasteiger partial charge in [0, 0.05) is 16.5 Å². The number of hydrogen-bond donors (Lipinski definition) is 3. The number of benzene rings is 1. The molecule has 0 heterocycles. The number of esters is 1. The van der Waals surface area contributed by atoms with Crippen LogP contribution in [0.1, 0.15) is 54.4 Å². The molecule has 1 aromatic rings. The number of carbonyl (C=O) groups excluding carboxylic acids is 3. The lowest BCUT2D eigenvalue weighted by Crippen LogP contribution is -2.71. The highest BCUT2D eigenvalue weighted by atomic mass is 19.4. The minimum atomic E-state index is -5.43. The fourth-order valence-electron chi connectivity index (χ4n) is 6.84. The van der Waals surface area contributed by atoms with Gasteiger partial charge < -0.3 is 25.2 Å². The molecule has 1 aromatic carbocycles. The molecule has 0 aromatic heterocycles. The number of alkyl halides is 3. The summed E-state index contributed by atoms with van der Waals surface area (Å²) in [5.41, 5.74) is -6.74. The third-order valence-corrected chi connectivity index (χ3v) is 8.15. The van der Waals surface area contributed by atoms with E-state index in [2.05, 4.69) is 15.4 Å². The molecule has 2 aliphatic rings. The number of carbonyl (C=O) groups is 4. The molecule has 210 valence electrons. The summed E-state index contributed by atoms with van der Waals surface area (Å²) in [7, 11) is 0. The predicted octanol–water partition coefficient (Wildman–Crippen LogP) is 4.72. The Kier molecular flexibility index (Phi) is 7.28. The second kappa shape index (κ2) is 9.46. The van der Waals surface area contributed by atoms with Crippen molar-refractivity contribution in [2.75, 3.05) is 5.32 Å². The van der Waals surface area contributed by atoms with Crippen LogP contribution in [0.2, 0.25) is 0 Å². The summed E-state index contributed by atoms with van der Waals surface area (Å²) in [4.78, 5) is 52.8. The van der Waals surface area contributed by atoms with Gasteiger partial charge >= 0.3 is 24.4 Å². The molecule has 0 unspecified atom stereocenters. The topological polar surface area (TPSA) is 131 Å². The van der Waals surface area contributed by atoms with E-state index in [4.69, 9.17) is 4.74 Å². The van der Waals surface area contributed by atoms with E-state index in [9.17, 15) is 37.5 Å². The Hall–Kier alpha value is -3.31. The SMILES string of the molecule is CCC1(CC)[C@@H](C(=O)Nc2ccccc2)[C@H]2[C@@H](C(=O)O)[C@@]2(C)[C@@]1(NC(=O)OC(C)(C)C)C(=O)OC(F)(F)F. The molecule has 0 saturated heterocycles. The van der Waals surface area contributed by atoms with E-state index in [1.807, 2.05) is 0 Å². The number of aliphatic carboxylic acids is 1. The third kappa shape index (κ3) is 4.47. The molecule has 2 aliphatic carbocycles. The lowest BCUT2D eigenvalue weighted by atomic mass is 9.57. The third-order valence-electron chi connectivity index (χ3n) is 8.15. The van der Waals surface area contributed by atoms with Gasteiger partial charge in [0.05, 0.1) is 11.8 Å². The van der Waals surface area contributed by atoms with Gasteiger partial charge in [-0.3, -0.25) is 9.59 Å². The molecule has 0 radical (unpaired) electrons. The highest BCUT2D eigenvalue weighted by Crippen LogP contribution is 2.81. The molecule has 12 heteroatoms. The summed E-state index contributed by atoms with van der Waals surface area (Å²) in [5, 5.41) is 15.1. The van der Waals surface area contributed by atoms with Gasteiger partial charge in [-0.1, -0.05) is 39.0 Å². The molecule has 9 nitrogen and oxygen atoms in total. The zero-order chi connectivity index (χ0) is 28.9. The molecule has 0 bridgehead atoms. The fourth-order valence-corrected chi connectivity index (χ4v) is 6.84. The average Bonchev–Trinajstić information content (AvgIpc) is 3.34. The van der Waals surface area contributed by atoms with Gasteiger partial charge in [0.15, 0.2) is 5.54 Å². The summed E-state index contributed by atoms with van der Waals surface area (Å²) in [6.07, 6.45) is -6.78. The summed E-state index contributed by atoms with van der Waals surface area (Å²) in [5.74, 6) is -7.74. The number of nitrogens with one attached hydrogen (secondary N) is 2. The van der Waals surface area contributed by atoms with Crippen LogP contribution in [0, 0.1) is 28.6 Å². The quantitative estimate of drug-likeness (QED) is 0.425. The number of carboxylic acids is 1. The summed E-state index contributed by atoms with van der Waals surface area (Å²) < 4.78 is 49.7. The summed E-state index contributed by atoms with van der Waals surface area (Å²) >= 11 is 0. The van der Waals surface area contributed by atoms with Gasteiger partial charge in [0.1, 0.15) is 5.60 Å². The molecule has 0 spiro atoms. The van der Waals surface area contributed by atoms with Crippen molar-refractivity contribution in [3.63, 3.8) is 0 Å². The first-order chi connectivity index (χ1) is 17.4. The monoisotopic (exact) mass is 542 g/mol. The van der Waals surface area contributed by atoms with Gasteiger partial charge in [-0.2, -0.15) is 0 Å². The number of rotatable bonds is 7. The molecular weight excluding hydrogens is 509 g/mol. The zero-order valence-corrected chi connectivity index (χ0v) is 22.1. The lowest BCUT2D eigenvalue weighted by Gasteiger charge is -2.51. The number of ether oxygens (including phenoxy) is 2. The summed E-state index contributed by atoms with van der Waals surface area (Å²) in [6.45, 7) is 9.01. The first kappa shape index (κ1) is 29.2. The maximum Gasteiger partial charge on any atom is 0.575 e. The molecule has 3 N–H and O–H groups in total. The van der Waals surface area contributed by atoms with Crippen molar-refractivity contribution in [3.8, 4) is 0 Å². The molecule has 5 atom stereocenters. The van der Waals surface area contributed by atoms with Crippen LogP contribution < -0.4 is 10.6 Å². The molecule has 2 saturated carbocycles. The van der Waals surface area contributed by atoms with Crippen LogP contribution in [-0.2, 0) is 23.9 Å². The van der Waals surface area contributed by atoms with Crippen molar-refractivity contribution < 1.29 is 46.9 Å². The smallest absolute Gasteiger partial charge is 0.481 e. The second-order valence-corrected chi connectivity index (χ2v) is 11.0. The number of para-hydroxylation sites is 1. The van der Waals surface area contributed by atoms with Gasteiger partial charge in [-0.05, 0) is 51.7 Å². The Bertz CT molecular complexity index is 1110. The van der Waals surface area contributed by atoms with E-state index in [0.29, 0.717) is 5.69 Å². The fraction of sp³-hybridized carbons (Fsp3) is 0.615. The molecule has 0 aliphatic heterocycles. The van der Waals surface area contributed by atoms with Crippen molar-refractivity contribution in [2.45, 2.75) is 71.9 Å². The van der Waals surface area contributed by atoms with Crippen molar-refractivity contribution in [1.29, 1.82) is 0 Å². The van der Waals surface area contributed by atoms with Crippen molar-refractivity contribution in [3.05, 3.63) is 30.3 Å². The standard InChI is InChI=1S/C26H33F3N2O7/c1-7-24(8-2)16(18(32)30-14-12-10-9-11-13-14)15-17(19(33)34)23(15,6)25(24,20(35)37-26(27,28)29)31-21(36)38-22(3,4)5/h9-13,15-17H,7-8H2,1-6H3,(H,30,32)(H,31,36)(H,33,34)/t15-,16+,17-,23-,25-/m0/s1. The van der Waals surface area contributed by atoms with Crippen molar-refractivity contribution in [2.24, 2.45) is 28.6 Å². The number of anilines is 1. The second-order valence-electron chi connectivity index (χ2n) is 11.0. The Morgan fingerprint density at radius 3 is 1.97 bits per heavy atom. The van der Waals surface area contributed by atoms with Crippen LogP contribution >= 0.6 is 0 Å². The number of alkyl carbamates (subject to hydrolysis) is 1. The first-order valence-electron chi connectivity index (χ1n) is 12.3. The molecule has 3 rings (SSSR count). The van der Waals surface area contributed by atoms with E-state index < -0.39 is 70.0 Å². The van der Waals surface area contributed by atoms with Gasteiger partial charge in [-0.15, -0.1) is 13.2 Å². The Morgan fingerprint density at radius 1 is 0.974 bits per heavy atom. The normalized spacial score (nSPS) is 29.6. The van der Waals surface area contributed by atoms with Crippen LogP contribution in [0.25, 0.3) is 0 Å². The molecule has 2 fully saturated rings. The van der Waals surface area contributed by atoms with Crippen LogP contribution in [0.5, 0.6) is 0 Å². The van der Waals surface area contributed by atoms with E-state index in [-0.39, 0.29) is 12.8 Å². The number of carboxylic acid groups (broad SMARTS) is 1. The van der Waals surface area contributed by atoms with Gasteiger partial charge in [0.25, 0.3) is 0 Å². The van der Waals surface area contributed by atoms with Gasteiger partial charge in [-0.25, -0.2) is 9.59 Å². The van der Waals surface area contributed by atoms with Crippen LogP contribution in [0.4, 0.5) is 23.7 Å². The number of amides is 2. The maximum atomic E-state index is 13.8. The predicted molar refractivity (Wildman–Crippen MR) is 129 cm³/mol. The Labute approximate surface area is 218 Å². The molecule has 38 heavy (non-hydrogen) atoms. The van der Waals surface area contributed by atoms with E-state index >= 15 is 0 Å². The van der Waals surface area contributed by atoms with Crippen molar-refractivity contribution >= 4 is 29.6 Å². The molecular formula is C26H33F3N2O7. The first-order valence-corrected chi connectivity index (χ1v) is 12.3. The minimum absolute atomic E-state index is 0.0580. The highest BCUT2D eigenvalue weighted by Gasteiger charge is 2.92. The van der Waals surface area contributed by atoms with Gasteiger partial charge in [0.2, 0.25) is 5.91 Å².